The van der Waals surface area contributed by atoms with Gasteiger partial charge in [-0.2, -0.15) is 0 Å². The first-order chi connectivity index (χ1) is 7.30. The van der Waals surface area contributed by atoms with Gasteiger partial charge in [-0.25, -0.2) is 0 Å². The van der Waals surface area contributed by atoms with Crippen molar-refractivity contribution in [3.05, 3.63) is 39.9 Å². The second-order valence-electron chi connectivity index (χ2n) is 4.77. The Balaban J connectivity index is 2.77. The number of hydrogen-bond donors (Lipinski definition) is 0. The van der Waals surface area contributed by atoms with Crippen molar-refractivity contribution in [1.29, 1.82) is 0 Å². The van der Waals surface area contributed by atoms with Crippen LogP contribution in [0.1, 0.15) is 26.3 Å². The first-order valence-corrected chi connectivity index (χ1v) is 5.07. The van der Waals surface area contributed by atoms with Gasteiger partial charge in [0.05, 0.1) is 4.92 Å². The summed E-state index contributed by atoms with van der Waals surface area (Å²) in [4.78, 5) is 21.7. The van der Waals surface area contributed by atoms with E-state index in [-0.39, 0.29) is 16.9 Å². The summed E-state index contributed by atoms with van der Waals surface area (Å²) in [5.74, 6) is 0.126. The summed E-state index contributed by atoms with van der Waals surface area (Å²) < 4.78 is 0. The number of carbonyl (C=O) groups excluding carboxylic acids is 1. The Labute approximate surface area is 94.4 Å². The maximum atomic E-state index is 11.7. The third-order valence-electron chi connectivity index (χ3n) is 2.35. The SMILES string of the molecule is CC(C)(C)C(=O)Cc1ccc([N+](=O)[O-])cc1. The molecule has 0 amide bonds. The molecule has 4 heteroatoms. The minimum Gasteiger partial charge on any atom is -0.299 e. The van der Waals surface area contributed by atoms with Gasteiger partial charge in [-0.15, -0.1) is 0 Å². The maximum Gasteiger partial charge on any atom is 0.269 e. The highest BCUT2D eigenvalue weighted by molar-refractivity contribution is 5.85. The number of nitrogens with zero attached hydrogens (tertiary/aromatic N) is 1. The average molecular weight is 221 g/mol. The van der Waals surface area contributed by atoms with Crippen LogP contribution in [0, 0.1) is 15.5 Å². The molecule has 0 spiro atoms. The minimum absolute atomic E-state index is 0.0481. The van der Waals surface area contributed by atoms with Gasteiger partial charge in [-0.1, -0.05) is 32.9 Å². The molecule has 16 heavy (non-hydrogen) atoms. The molecule has 0 aliphatic carbocycles. The average Bonchev–Trinajstić information content (AvgIpc) is 2.17. The monoisotopic (exact) mass is 221 g/mol. The number of carbonyl (C=O) groups is 1. The summed E-state index contributed by atoms with van der Waals surface area (Å²) in [5, 5.41) is 10.4. The molecule has 0 fully saturated rings. The fourth-order valence-corrected chi connectivity index (χ4v) is 1.19. The van der Waals surface area contributed by atoms with E-state index in [9.17, 15) is 14.9 Å². The second-order valence-corrected chi connectivity index (χ2v) is 4.77. The molecule has 0 heterocycles. The van der Waals surface area contributed by atoms with Gasteiger partial charge in [-0.05, 0) is 5.56 Å². The lowest BCUT2D eigenvalue weighted by Gasteiger charge is -2.16. The van der Waals surface area contributed by atoms with Gasteiger partial charge in [0.2, 0.25) is 0 Å². The first kappa shape index (κ1) is 12.4. The van der Waals surface area contributed by atoms with Gasteiger partial charge in [0.15, 0.2) is 0 Å². The predicted octanol–water partition coefficient (Wildman–Crippen LogP) is 2.75. The van der Waals surface area contributed by atoms with E-state index in [1.54, 1.807) is 12.1 Å². The predicted molar refractivity (Wildman–Crippen MR) is 61.3 cm³/mol. The number of ketones is 1. The minimum atomic E-state index is -0.449. The maximum absolute atomic E-state index is 11.7. The summed E-state index contributed by atoms with van der Waals surface area (Å²) in [6, 6.07) is 6.10. The zero-order valence-corrected chi connectivity index (χ0v) is 9.69. The summed E-state index contributed by atoms with van der Waals surface area (Å²) in [6.07, 6.45) is 0.321. The van der Waals surface area contributed by atoms with Crippen molar-refractivity contribution in [1.82, 2.24) is 0 Å². The highest BCUT2D eigenvalue weighted by Crippen LogP contribution is 2.19. The molecule has 86 valence electrons. The highest BCUT2D eigenvalue weighted by atomic mass is 16.6. The van der Waals surface area contributed by atoms with Crippen LogP contribution in [0.25, 0.3) is 0 Å². The van der Waals surface area contributed by atoms with E-state index >= 15 is 0 Å². The quantitative estimate of drug-likeness (QED) is 0.582. The first-order valence-electron chi connectivity index (χ1n) is 5.07. The van der Waals surface area contributed by atoms with Crippen molar-refractivity contribution in [2.75, 3.05) is 0 Å². The van der Waals surface area contributed by atoms with E-state index in [2.05, 4.69) is 0 Å². The normalized spacial score (nSPS) is 11.2. The molecule has 0 unspecified atom stereocenters. The van der Waals surface area contributed by atoms with Crippen LogP contribution in [0.3, 0.4) is 0 Å². The van der Waals surface area contributed by atoms with Crippen LogP contribution in [0.4, 0.5) is 5.69 Å². The zero-order valence-electron chi connectivity index (χ0n) is 9.69. The van der Waals surface area contributed by atoms with E-state index < -0.39 is 4.92 Å². The van der Waals surface area contributed by atoms with Gasteiger partial charge >= 0.3 is 0 Å². The van der Waals surface area contributed by atoms with Crippen LogP contribution in [0.15, 0.2) is 24.3 Å². The Morgan fingerprint density at radius 3 is 2.12 bits per heavy atom. The summed E-state index contributed by atoms with van der Waals surface area (Å²) in [7, 11) is 0. The van der Waals surface area contributed by atoms with Gasteiger partial charge in [0.1, 0.15) is 5.78 Å². The Bertz CT molecular complexity index is 401. The van der Waals surface area contributed by atoms with Crippen LogP contribution < -0.4 is 0 Å². The van der Waals surface area contributed by atoms with E-state index in [1.807, 2.05) is 20.8 Å². The lowest BCUT2D eigenvalue weighted by molar-refractivity contribution is -0.384. The molecule has 0 aliphatic heterocycles. The van der Waals surface area contributed by atoms with Crippen LogP contribution in [-0.2, 0) is 11.2 Å². The van der Waals surface area contributed by atoms with Crippen molar-refractivity contribution >= 4 is 11.5 Å². The van der Waals surface area contributed by atoms with E-state index in [4.69, 9.17) is 0 Å². The fraction of sp³-hybridized carbons (Fsp3) is 0.417. The van der Waals surface area contributed by atoms with Crippen LogP contribution >= 0.6 is 0 Å². The number of nitro groups is 1. The standard InChI is InChI=1S/C12H15NO3/c1-12(2,3)11(14)8-9-4-6-10(7-5-9)13(15)16/h4-7H,8H2,1-3H3. The van der Waals surface area contributed by atoms with Crippen molar-refractivity contribution in [3.63, 3.8) is 0 Å². The van der Waals surface area contributed by atoms with Crippen LogP contribution in [-0.4, -0.2) is 10.7 Å². The molecule has 0 aromatic heterocycles. The molecular formula is C12H15NO3. The molecule has 1 rings (SSSR count). The number of benzene rings is 1. The molecule has 0 saturated heterocycles. The van der Waals surface area contributed by atoms with Gasteiger partial charge < -0.3 is 0 Å². The molecule has 1 aromatic carbocycles. The Morgan fingerprint density at radius 1 is 1.25 bits per heavy atom. The Kier molecular flexibility index (Phi) is 3.42. The number of non-ortho nitro benzene ring substituents is 1. The molecule has 0 bridgehead atoms. The molecule has 0 saturated carbocycles. The fourth-order valence-electron chi connectivity index (χ4n) is 1.19. The Hall–Kier alpha value is -1.71. The number of rotatable bonds is 3. The van der Waals surface area contributed by atoms with Gasteiger partial charge in [-0.3, -0.25) is 14.9 Å². The largest absolute Gasteiger partial charge is 0.299 e. The van der Waals surface area contributed by atoms with Crippen molar-refractivity contribution in [3.8, 4) is 0 Å². The van der Waals surface area contributed by atoms with Crippen molar-refractivity contribution < 1.29 is 9.72 Å². The summed E-state index contributed by atoms with van der Waals surface area (Å²) in [5.41, 5.74) is 0.486. The molecule has 0 atom stereocenters. The zero-order chi connectivity index (χ0) is 12.3. The highest BCUT2D eigenvalue weighted by Gasteiger charge is 2.21. The third kappa shape index (κ3) is 3.15. The van der Waals surface area contributed by atoms with E-state index in [1.165, 1.54) is 12.1 Å². The molecule has 0 aliphatic rings. The van der Waals surface area contributed by atoms with Crippen molar-refractivity contribution in [2.24, 2.45) is 5.41 Å². The molecule has 0 N–H and O–H groups in total. The molecular weight excluding hydrogens is 206 g/mol. The number of hydrogen-bond acceptors (Lipinski definition) is 3. The second kappa shape index (κ2) is 4.43. The third-order valence-corrected chi connectivity index (χ3v) is 2.35. The van der Waals surface area contributed by atoms with Crippen molar-refractivity contribution in [2.45, 2.75) is 27.2 Å². The van der Waals surface area contributed by atoms with Crippen LogP contribution in [0.2, 0.25) is 0 Å². The summed E-state index contributed by atoms with van der Waals surface area (Å²) in [6.45, 7) is 5.59. The topological polar surface area (TPSA) is 60.2 Å². The lowest BCUT2D eigenvalue weighted by atomic mass is 9.87. The summed E-state index contributed by atoms with van der Waals surface area (Å²) >= 11 is 0. The smallest absolute Gasteiger partial charge is 0.269 e. The Morgan fingerprint density at radius 2 is 1.75 bits per heavy atom. The van der Waals surface area contributed by atoms with E-state index in [0.29, 0.717) is 6.42 Å². The molecule has 1 aromatic rings. The lowest BCUT2D eigenvalue weighted by Crippen LogP contribution is -2.21. The number of Topliss-reactive ketones (excluding diaryl/α,β-unsaturated/α-hetero) is 1. The van der Waals surface area contributed by atoms with Gasteiger partial charge in [0.25, 0.3) is 5.69 Å². The number of nitro benzene ring substituents is 1. The van der Waals surface area contributed by atoms with Crippen LogP contribution in [0.5, 0.6) is 0 Å². The van der Waals surface area contributed by atoms with Gasteiger partial charge in [0, 0.05) is 24.0 Å². The molecule has 4 nitrogen and oxygen atoms in total. The molecule has 0 radical (unpaired) electrons. The van der Waals surface area contributed by atoms with E-state index in [0.717, 1.165) is 5.56 Å².